The van der Waals surface area contributed by atoms with Gasteiger partial charge in [0, 0.05) is 37.4 Å². The molecule has 2 saturated heterocycles. The van der Waals surface area contributed by atoms with E-state index in [0.717, 1.165) is 37.4 Å². The van der Waals surface area contributed by atoms with Crippen molar-refractivity contribution in [3.63, 3.8) is 0 Å². The molecular formula is C13H17N3O. The molecule has 0 spiro atoms. The van der Waals surface area contributed by atoms with Crippen molar-refractivity contribution in [1.29, 1.82) is 0 Å². The number of nitrogens with zero attached hydrogens (tertiary/aromatic N) is 1. The lowest BCUT2D eigenvalue weighted by Crippen LogP contribution is -2.51. The van der Waals surface area contributed by atoms with Gasteiger partial charge in [0.05, 0.1) is 6.04 Å². The van der Waals surface area contributed by atoms with Gasteiger partial charge in [0.25, 0.3) is 0 Å². The summed E-state index contributed by atoms with van der Waals surface area (Å²) in [6, 6.07) is 8.71. The fourth-order valence-corrected chi connectivity index (χ4v) is 2.29. The number of hydrogen-bond donors (Lipinski definition) is 2. The molecule has 90 valence electrons. The quantitative estimate of drug-likeness (QED) is 0.821. The Bertz CT molecular complexity index is 411. The Balaban J connectivity index is 1.68. The van der Waals surface area contributed by atoms with Gasteiger partial charge in [-0.3, -0.25) is 4.79 Å². The van der Waals surface area contributed by atoms with E-state index in [-0.39, 0.29) is 5.91 Å². The van der Waals surface area contributed by atoms with Crippen LogP contribution in [0.2, 0.25) is 0 Å². The molecule has 17 heavy (non-hydrogen) atoms. The highest BCUT2D eigenvalue weighted by molar-refractivity contribution is 5.95. The van der Waals surface area contributed by atoms with Gasteiger partial charge in [-0.25, -0.2) is 0 Å². The molecule has 1 aromatic carbocycles. The third-order valence-corrected chi connectivity index (χ3v) is 3.40. The lowest BCUT2D eigenvalue weighted by molar-refractivity contribution is -0.117. The number of anilines is 2. The molecule has 3 rings (SSSR count). The number of carbonyl (C=O) groups excluding carboxylic acids is 1. The van der Waals surface area contributed by atoms with Gasteiger partial charge in [0.2, 0.25) is 5.91 Å². The Labute approximate surface area is 101 Å². The summed E-state index contributed by atoms with van der Waals surface area (Å²) in [4.78, 5) is 13.5. The smallest absolute Gasteiger partial charge is 0.227 e. The fraction of sp³-hybridized carbons (Fsp3) is 0.462. The highest BCUT2D eigenvalue weighted by atomic mass is 16.2. The molecule has 0 aromatic heterocycles. The standard InChI is InChI=1S/C13H17N3O/c17-13-2-1-7-16(13)12-5-3-10(4-6-12)15-11-8-14-9-11/h3-6,11,14-15H,1-2,7-9H2. The van der Waals surface area contributed by atoms with Crippen molar-refractivity contribution in [2.75, 3.05) is 29.9 Å². The van der Waals surface area contributed by atoms with Crippen LogP contribution in [-0.2, 0) is 4.79 Å². The Morgan fingerprint density at radius 3 is 2.53 bits per heavy atom. The Hall–Kier alpha value is -1.55. The molecule has 2 aliphatic rings. The number of hydrogen-bond acceptors (Lipinski definition) is 3. The number of rotatable bonds is 3. The van der Waals surface area contributed by atoms with Crippen molar-refractivity contribution in [2.24, 2.45) is 0 Å². The van der Waals surface area contributed by atoms with Crippen LogP contribution < -0.4 is 15.5 Å². The van der Waals surface area contributed by atoms with Gasteiger partial charge >= 0.3 is 0 Å². The van der Waals surface area contributed by atoms with E-state index in [1.165, 1.54) is 0 Å². The van der Waals surface area contributed by atoms with Gasteiger partial charge < -0.3 is 15.5 Å². The number of nitrogens with one attached hydrogen (secondary N) is 2. The summed E-state index contributed by atoms with van der Waals surface area (Å²) in [5.41, 5.74) is 2.15. The van der Waals surface area contributed by atoms with Crippen molar-refractivity contribution in [3.8, 4) is 0 Å². The second kappa shape index (κ2) is 4.37. The average Bonchev–Trinajstić information content (AvgIpc) is 2.71. The summed E-state index contributed by atoms with van der Waals surface area (Å²) in [5, 5.41) is 6.67. The van der Waals surface area contributed by atoms with Crippen molar-refractivity contribution >= 4 is 17.3 Å². The van der Waals surface area contributed by atoms with Crippen LogP contribution in [0, 0.1) is 0 Å². The topological polar surface area (TPSA) is 44.4 Å². The SMILES string of the molecule is O=C1CCCN1c1ccc(NC2CNC2)cc1. The fourth-order valence-electron chi connectivity index (χ4n) is 2.29. The highest BCUT2D eigenvalue weighted by Crippen LogP contribution is 2.23. The van der Waals surface area contributed by atoms with E-state index in [4.69, 9.17) is 0 Å². The first-order valence-electron chi connectivity index (χ1n) is 6.20. The van der Waals surface area contributed by atoms with Crippen LogP contribution in [-0.4, -0.2) is 31.6 Å². The Kier molecular flexibility index (Phi) is 2.73. The molecule has 1 amide bonds. The second-order valence-electron chi connectivity index (χ2n) is 4.70. The van der Waals surface area contributed by atoms with E-state index in [9.17, 15) is 4.79 Å². The van der Waals surface area contributed by atoms with Gasteiger partial charge in [0.1, 0.15) is 0 Å². The lowest BCUT2D eigenvalue weighted by atomic mass is 10.1. The minimum Gasteiger partial charge on any atom is -0.380 e. The third kappa shape index (κ3) is 2.13. The van der Waals surface area contributed by atoms with Gasteiger partial charge in [-0.15, -0.1) is 0 Å². The van der Waals surface area contributed by atoms with Gasteiger partial charge in [-0.2, -0.15) is 0 Å². The van der Waals surface area contributed by atoms with E-state index < -0.39 is 0 Å². The first-order valence-corrected chi connectivity index (χ1v) is 6.20. The molecule has 2 heterocycles. The van der Waals surface area contributed by atoms with Crippen LogP contribution in [0.5, 0.6) is 0 Å². The predicted octanol–water partition coefficient (Wildman–Crippen LogP) is 1.20. The maximum atomic E-state index is 11.6. The molecule has 0 saturated carbocycles. The number of carbonyl (C=O) groups is 1. The summed E-state index contributed by atoms with van der Waals surface area (Å²) in [6.45, 7) is 2.93. The Morgan fingerprint density at radius 1 is 1.24 bits per heavy atom. The first kappa shape index (κ1) is 10.6. The maximum Gasteiger partial charge on any atom is 0.227 e. The van der Waals surface area contributed by atoms with Crippen LogP contribution in [0.25, 0.3) is 0 Å². The van der Waals surface area contributed by atoms with E-state index in [0.29, 0.717) is 12.5 Å². The summed E-state index contributed by atoms with van der Waals surface area (Å²) >= 11 is 0. The molecule has 2 fully saturated rings. The molecule has 0 radical (unpaired) electrons. The summed E-state index contributed by atoms with van der Waals surface area (Å²) in [6.07, 6.45) is 1.67. The molecule has 0 bridgehead atoms. The zero-order chi connectivity index (χ0) is 11.7. The molecule has 4 heteroatoms. The summed E-state index contributed by atoms with van der Waals surface area (Å²) in [5.74, 6) is 0.244. The largest absolute Gasteiger partial charge is 0.380 e. The highest BCUT2D eigenvalue weighted by Gasteiger charge is 2.21. The zero-order valence-electron chi connectivity index (χ0n) is 9.78. The minimum atomic E-state index is 0.244. The van der Waals surface area contributed by atoms with E-state index in [1.54, 1.807) is 0 Å². The van der Waals surface area contributed by atoms with E-state index in [1.807, 2.05) is 17.0 Å². The Morgan fingerprint density at radius 2 is 2.00 bits per heavy atom. The van der Waals surface area contributed by atoms with Crippen LogP contribution in [0.3, 0.4) is 0 Å². The van der Waals surface area contributed by atoms with Crippen LogP contribution in [0.15, 0.2) is 24.3 Å². The molecule has 4 nitrogen and oxygen atoms in total. The molecule has 0 aliphatic carbocycles. The minimum absolute atomic E-state index is 0.244. The number of amides is 1. The normalized spacial score (nSPS) is 20.5. The summed E-state index contributed by atoms with van der Waals surface area (Å²) in [7, 11) is 0. The van der Waals surface area contributed by atoms with Crippen molar-refractivity contribution in [1.82, 2.24) is 5.32 Å². The molecule has 1 aromatic rings. The van der Waals surface area contributed by atoms with Gasteiger partial charge in [0.15, 0.2) is 0 Å². The van der Waals surface area contributed by atoms with Crippen LogP contribution in [0.4, 0.5) is 11.4 Å². The lowest BCUT2D eigenvalue weighted by Gasteiger charge is -2.29. The van der Waals surface area contributed by atoms with Crippen molar-refractivity contribution < 1.29 is 4.79 Å². The first-order chi connectivity index (χ1) is 8.33. The maximum absolute atomic E-state index is 11.6. The van der Waals surface area contributed by atoms with Gasteiger partial charge in [-0.1, -0.05) is 0 Å². The predicted molar refractivity (Wildman–Crippen MR) is 68.3 cm³/mol. The van der Waals surface area contributed by atoms with Crippen molar-refractivity contribution in [3.05, 3.63) is 24.3 Å². The van der Waals surface area contributed by atoms with E-state index in [2.05, 4.69) is 22.8 Å². The van der Waals surface area contributed by atoms with Crippen molar-refractivity contribution in [2.45, 2.75) is 18.9 Å². The third-order valence-electron chi connectivity index (χ3n) is 3.40. The molecule has 0 atom stereocenters. The molecular weight excluding hydrogens is 214 g/mol. The van der Waals surface area contributed by atoms with Crippen LogP contribution >= 0.6 is 0 Å². The van der Waals surface area contributed by atoms with Crippen LogP contribution in [0.1, 0.15) is 12.8 Å². The molecule has 2 N–H and O–H groups in total. The summed E-state index contributed by atoms with van der Waals surface area (Å²) < 4.78 is 0. The zero-order valence-corrected chi connectivity index (χ0v) is 9.78. The average molecular weight is 231 g/mol. The monoisotopic (exact) mass is 231 g/mol. The molecule has 0 unspecified atom stereocenters. The number of benzene rings is 1. The van der Waals surface area contributed by atoms with E-state index >= 15 is 0 Å². The van der Waals surface area contributed by atoms with Gasteiger partial charge in [-0.05, 0) is 30.7 Å². The molecule has 2 aliphatic heterocycles. The second-order valence-corrected chi connectivity index (χ2v) is 4.70.